The van der Waals surface area contributed by atoms with Crippen molar-refractivity contribution in [1.82, 2.24) is 14.5 Å². The lowest BCUT2D eigenvalue weighted by molar-refractivity contribution is 0.792. The van der Waals surface area contributed by atoms with E-state index in [0.717, 1.165) is 10.2 Å². The Balaban J connectivity index is 1.22. The van der Waals surface area contributed by atoms with Crippen LogP contribution in [0.3, 0.4) is 0 Å². The van der Waals surface area contributed by atoms with Crippen LogP contribution in [0.4, 0.5) is 0 Å². The molecule has 4 heterocycles. The molecule has 0 atom stereocenters. The molecule has 5 heteroatoms. The maximum atomic E-state index is 4.78. The summed E-state index contributed by atoms with van der Waals surface area (Å²) in [5, 5.41) is 7.55. The Bertz CT molecular complexity index is 3320. The van der Waals surface area contributed by atoms with Crippen LogP contribution in [0.25, 0.3) is 90.2 Å². The Kier molecular flexibility index (Phi) is 5.08. The third kappa shape index (κ3) is 3.11. The molecule has 0 radical (unpaired) electrons. The van der Waals surface area contributed by atoms with Crippen molar-refractivity contribution in [2.45, 2.75) is 5.41 Å². The van der Waals surface area contributed by atoms with Crippen LogP contribution in [0.5, 0.6) is 0 Å². The highest BCUT2D eigenvalue weighted by atomic mass is 32.1. The Labute approximate surface area is 305 Å². The molecule has 0 saturated heterocycles. The number of rotatable bonds is 1. The molecule has 2 aliphatic carbocycles. The lowest BCUT2D eigenvalue weighted by Crippen LogP contribution is -2.26. The number of hydrogen-bond donors (Lipinski definition) is 0. The van der Waals surface area contributed by atoms with Crippen LogP contribution in [0.15, 0.2) is 152 Å². The quantitative estimate of drug-likeness (QED) is 0.171. The Morgan fingerprint density at radius 3 is 1.87 bits per heavy atom. The number of thiophene rings is 2. The summed E-state index contributed by atoms with van der Waals surface area (Å²) in [6.07, 6.45) is 3.69. The summed E-state index contributed by atoms with van der Waals surface area (Å²) in [6.45, 7) is 0. The molecular weight excluding hydrogens is 671 g/mol. The summed E-state index contributed by atoms with van der Waals surface area (Å²) < 4.78 is 6.43. The van der Waals surface area contributed by atoms with Crippen molar-refractivity contribution in [3.05, 3.63) is 174 Å². The Morgan fingerprint density at radius 1 is 0.500 bits per heavy atom. The zero-order valence-corrected chi connectivity index (χ0v) is 29.2. The highest BCUT2D eigenvalue weighted by Crippen LogP contribution is 2.63. The van der Waals surface area contributed by atoms with Gasteiger partial charge in [-0.25, -0.2) is 9.97 Å². The number of aromatic nitrogens is 3. The first kappa shape index (κ1) is 27.6. The SMILES string of the molecule is c1ccc2c(c1)-c1ccccc1C21c2ccccc2-c2ccc(-n3c4ccccc4c4c5sc6ncncc6c5c5c6ccccc6sc5c43)cc21. The van der Waals surface area contributed by atoms with Gasteiger partial charge in [-0.05, 0) is 68.8 Å². The zero-order valence-electron chi connectivity index (χ0n) is 27.6. The molecule has 0 saturated carbocycles. The average Bonchev–Trinajstić information content (AvgIpc) is 3.99. The van der Waals surface area contributed by atoms with Gasteiger partial charge in [0.25, 0.3) is 0 Å². The van der Waals surface area contributed by atoms with Gasteiger partial charge < -0.3 is 4.57 Å². The second-order valence-electron chi connectivity index (χ2n) is 14.0. The number of benzene rings is 7. The summed E-state index contributed by atoms with van der Waals surface area (Å²) in [6, 6.07) is 52.3. The minimum Gasteiger partial charge on any atom is -0.308 e. The van der Waals surface area contributed by atoms with E-state index in [1.54, 1.807) is 17.7 Å². The second kappa shape index (κ2) is 9.59. The minimum absolute atomic E-state index is 0.405. The van der Waals surface area contributed by atoms with Gasteiger partial charge in [0, 0.05) is 53.6 Å². The zero-order chi connectivity index (χ0) is 33.7. The van der Waals surface area contributed by atoms with Crippen molar-refractivity contribution < 1.29 is 0 Å². The predicted octanol–water partition coefficient (Wildman–Crippen LogP) is 12.7. The molecule has 3 nitrogen and oxygen atoms in total. The van der Waals surface area contributed by atoms with Crippen LogP contribution in [0.2, 0.25) is 0 Å². The third-order valence-corrected chi connectivity index (χ3v) is 14.1. The number of fused-ring (bicyclic) bond motifs is 22. The van der Waals surface area contributed by atoms with E-state index < -0.39 is 5.41 Å². The fourth-order valence-electron chi connectivity index (χ4n) is 9.90. The van der Waals surface area contributed by atoms with Crippen LogP contribution in [0, 0.1) is 0 Å². The fraction of sp³-hybridized carbons (Fsp3) is 0.0213. The van der Waals surface area contributed by atoms with E-state index in [0.29, 0.717) is 0 Å². The van der Waals surface area contributed by atoms with Crippen LogP contribution in [-0.4, -0.2) is 14.5 Å². The summed E-state index contributed by atoms with van der Waals surface area (Å²) in [7, 11) is 0. The first-order valence-electron chi connectivity index (χ1n) is 17.6. The summed E-state index contributed by atoms with van der Waals surface area (Å²) >= 11 is 3.69. The Morgan fingerprint density at radius 2 is 1.12 bits per heavy atom. The third-order valence-electron chi connectivity index (χ3n) is 11.8. The highest BCUT2D eigenvalue weighted by molar-refractivity contribution is 7.29. The average molecular weight is 696 g/mol. The molecule has 240 valence electrons. The van der Waals surface area contributed by atoms with Crippen LogP contribution < -0.4 is 0 Å². The largest absolute Gasteiger partial charge is 0.308 e. The normalized spacial score (nSPS) is 13.9. The summed E-state index contributed by atoms with van der Waals surface area (Å²) in [5.41, 5.74) is 14.0. The van der Waals surface area contributed by atoms with Crippen molar-refractivity contribution in [1.29, 1.82) is 0 Å². The molecule has 52 heavy (non-hydrogen) atoms. The lowest BCUT2D eigenvalue weighted by atomic mass is 9.70. The maximum absolute atomic E-state index is 4.78. The molecule has 1 spiro atoms. The van der Waals surface area contributed by atoms with Gasteiger partial charge in [-0.3, -0.25) is 0 Å². The van der Waals surface area contributed by atoms with Crippen molar-refractivity contribution >= 4 is 85.0 Å². The van der Waals surface area contributed by atoms with Gasteiger partial charge in [0.05, 0.1) is 21.1 Å². The van der Waals surface area contributed by atoms with Crippen LogP contribution in [-0.2, 0) is 5.41 Å². The number of hydrogen-bond acceptors (Lipinski definition) is 4. The molecule has 0 amide bonds. The topological polar surface area (TPSA) is 30.7 Å². The molecule has 7 aromatic carbocycles. The predicted molar refractivity (Wildman–Crippen MR) is 218 cm³/mol. The van der Waals surface area contributed by atoms with E-state index in [1.165, 1.54) is 102 Å². The minimum atomic E-state index is -0.405. The monoisotopic (exact) mass is 695 g/mol. The molecule has 0 aliphatic heterocycles. The van der Waals surface area contributed by atoms with Crippen molar-refractivity contribution in [2.24, 2.45) is 0 Å². The molecule has 11 aromatic rings. The highest BCUT2D eigenvalue weighted by Gasteiger charge is 2.51. The van der Waals surface area contributed by atoms with E-state index >= 15 is 0 Å². The van der Waals surface area contributed by atoms with Gasteiger partial charge in [-0.15, -0.1) is 22.7 Å². The molecule has 0 unspecified atom stereocenters. The standard InChI is InChI=1S/C47H25N3S2/c1-6-16-34-27(11-1)28-12-2-7-17-35(28)47(34)36-18-8-3-13-29(36)30-22-21-26(23-37(30)47)50-38-19-9-4-14-31(38)42-43(50)45-40(32-15-5-10-20-39(32)51-45)41-33-24-48-25-49-46(33)52-44(41)42/h1-25H. The number of para-hydroxylation sites is 1. The smallest absolute Gasteiger partial charge is 0.127 e. The van der Waals surface area contributed by atoms with Crippen LogP contribution >= 0.6 is 22.7 Å². The van der Waals surface area contributed by atoms with E-state index in [-0.39, 0.29) is 0 Å². The van der Waals surface area contributed by atoms with Gasteiger partial charge >= 0.3 is 0 Å². The fourth-order valence-corrected chi connectivity index (χ4v) is 12.3. The van der Waals surface area contributed by atoms with E-state index in [4.69, 9.17) is 4.98 Å². The van der Waals surface area contributed by atoms with E-state index in [1.807, 2.05) is 17.5 Å². The van der Waals surface area contributed by atoms with Gasteiger partial charge in [0.2, 0.25) is 0 Å². The first-order chi connectivity index (χ1) is 25.8. The lowest BCUT2D eigenvalue weighted by Gasteiger charge is -2.30. The van der Waals surface area contributed by atoms with Crippen molar-refractivity contribution in [2.75, 3.05) is 0 Å². The van der Waals surface area contributed by atoms with Crippen molar-refractivity contribution in [3.63, 3.8) is 0 Å². The molecular formula is C47H25N3S2. The Hall–Kier alpha value is -6.14. The second-order valence-corrected chi connectivity index (χ2v) is 16.1. The molecule has 13 rings (SSSR count). The van der Waals surface area contributed by atoms with E-state index in [2.05, 4.69) is 149 Å². The molecule has 2 aliphatic rings. The van der Waals surface area contributed by atoms with Gasteiger partial charge in [0.1, 0.15) is 11.2 Å². The first-order valence-corrected chi connectivity index (χ1v) is 19.3. The van der Waals surface area contributed by atoms with Gasteiger partial charge in [-0.2, -0.15) is 0 Å². The van der Waals surface area contributed by atoms with Crippen molar-refractivity contribution in [3.8, 4) is 27.9 Å². The maximum Gasteiger partial charge on any atom is 0.127 e. The van der Waals surface area contributed by atoms with Crippen LogP contribution in [0.1, 0.15) is 22.3 Å². The molecule has 4 aromatic heterocycles. The molecule has 0 bridgehead atoms. The van der Waals surface area contributed by atoms with E-state index in [9.17, 15) is 0 Å². The molecule has 0 fully saturated rings. The molecule has 0 N–H and O–H groups in total. The summed E-state index contributed by atoms with van der Waals surface area (Å²) in [5.74, 6) is 0. The number of nitrogens with zero attached hydrogens (tertiary/aromatic N) is 3. The summed E-state index contributed by atoms with van der Waals surface area (Å²) in [4.78, 5) is 10.3. The van der Waals surface area contributed by atoms with Gasteiger partial charge in [0.15, 0.2) is 0 Å². The van der Waals surface area contributed by atoms with Gasteiger partial charge in [-0.1, -0.05) is 115 Å².